The van der Waals surface area contributed by atoms with E-state index < -0.39 is 0 Å². The van der Waals surface area contributed by atoms with Crippen LogP contribution in [0.25, 0.3) is 0 Å². The molecule has 102 valence electrons. The summed E-state index contributed by atoms with van der Waals surface area (Å²) in [5, 5.41) is 5.97. The number of imidazole rings is 1. The zero-order chi connectivity index (χ0) is 13.4. The number of carbonyl (C=O) groups excluding carboxylic acids is 1. The van der Waals surface area contributed by atoms with E-state index in [1.54, 1.807) is 13.4 Å². The predicted octanol–water partition coefficient (Wildman–Crippen LogP) is 0.144. The molecule has 2 N–H and O–H groups in total. The summed E-state index contributed by atoms with van der Waals surface area (Å²) in [7, 11) is 1.61. The molecular weight excluding hydrogens is 232 g/mol. The van der Waals surface area contributed by atoms with Gasteiger partial charge in [-0.25, -0.2) is 4.98 Å². The van der Waals surface area contributed by atoms with Crippen LogP contribution in [0.1, 0.15) is 19.5 Å². The maximum Gasteiger partial charge on any atom is 0.236 e. The normalized spacial score (nSPS) is 12.4. The SMILES string of the molecule is CCn1cncc1CNC(C)C(=O)NCCOC. The van der Waals surface area contributed by atoms with Gasteiger partial charge in [0.2, 0.25) is 5.91 Å². The number of carbonyl (C=O) groups is 1. The molecule has 0 spiro atoms. The van der Waals surface area contributed by atoms with E-state index in [9.17, 15) is 4.79 Å². The van der Waals surface area contributed by atoms with Gasteiger partial charge in [0, 0.05) is 32.9 Å². The summed E-state index contributed by atoms with van der Waals surface area (Å²) in [6.45, 7) is 6.48. The third kappa shape index (κ3) is 4.46. The Morgan fingerprint density at radius 1 is 1.61 bits per heavy atom. The van der Waals surface area contributed by atoms with Crippen molar-refractivity contribution in [2.24, 2.45) is 0 Å². The summed E-state index contributed by atoms with van der Waals surface area (Å²) in [5.74, 6) is -0.0189. The molecule has 6 nitrogen and oxygen atoms in total. The minimum atomic E-state index is -0.234. The quantitative estimate of drug-likeness (QED) is 0.648. The first-order valence-electron chi connectivity index (χ1n) is 6.18. The number of methoxy groups -OCH3 is 1. The molecule has 1 heterocycles. The Bertz CT molecular complexity index is 365. The van der Waals surface area contributed by atoms with Gasteiger partial charge < -0.3 is 19.9 Å². The molecule has 1 unspecified atom stereocenters. The van der Waals surface area contributed by atoms with E-state index in [2.05, 4.69) is 22.5 Å². The first kappa shape index (κ1) is 14.7. The Morgan fingerprint density at radius 3 is 3.06 bits per heavy atom. The van der Waals surface area contributed by atoms with Crippen LogP contribution >= 0.6 is 0 Å². The summed E-state index contributed by atoms with van der Waals surface area (Å²) >= 11 is 0. The first-order valence-corrected chi connectivity index (χ1v) is 6.18. The number of nitrogens with one attached hydrogen (secondary N) is 2. The molecule has 0 fully saturated rings. The van der Waals surface area contributed by atoms with Gasteiger partial charge in [0.05, 0.1) is 24.7 Å². The Labute approximate surface area is 108 Å². The molecule has 0 aromatic carbocycles. The summed E-state index contributed by atoms with van der Waals surface area (Å²) in [5.41, 5.74) is 1.08. The van der Waals surface area contributed by atoms with E-state index in [0.29, 0.717) is 19.7 Å². The zero-order valence-electron chi connectivity index (χ0n) is 11.3. The lowest BCUT2D eigenvalue weighted by atomic mass is 10.3. The minimum absolute atomic E-state index is 0.0189. The number of ether oxygens (including phenoxy) is 1. The number of nitrogens with zero attached hydrogens (tertiary/aromatic N) is 2. The fourth-order valence-corrected chi connectivity index (χ4v) is 1.56. The second kappa shape index (κ2) is 7.84. The maximum absolute atomic E-state index is 11.7. The van der Waals surface area contributed by atoms with E-state index in [0.717, 1.165) is 12.2 Å². The van der Waals surface area contributed by atoms with Crippen molar-refractivity contribution < 1.29 is 9.53 Å². The molecule has 1 rings (SSSR count). The van der Waals surface area contributed by atoms with Crippen molar-refractivity contribution >= 4 is 5.91 Å². The third-order valence-electron chi connectivity index (χ3n) is 2.73. The van der Waals surface area contributed by atoms with Crippen LogP contribution in [0.3, 0.4) is 0 Å². The van der Waals surface area contributed by atoms with Gasteiger partial charge in [0.25, 0.3) is 0 Å². The van der Waals surface area contributed by atoms with Crippen molar-refractivity contribution in [2.45, 2.75) is 33.0 Å². The Hall–Kier alpha value is -1.40. The molecule has 1 atom stereocenters. The number of rotatable bonds is 8. The van der Waals surface area contributed by atoms with Crippen molar-refractivity contribution in [1.29, 1.82) is 0 Å². The maximum atomic E-state index is 11.7. The number of hydrogen-bond donors (Lipinski definition) is 2. The first-order chi connectivity index (χ1) is 8.69. The van der Waals surface area contributed by atoms with Crippen LogP contribution in [-0.2, 0) is 22.6 Å². The van der Waals surface area contributed by atoms with Gasteiger partial charge in [-0.15, -0.1) is 0 Å². The standard InChI is InChI=1S/C12H22N4O2/c1-4-16-9-13-7-11(16)8-15-10(2)12(17)14-5-6-18-3/h7,9-10,15H,4-6,8H2,1-3H3,(H,14,17). The average Bonchev–Trinajstić information content (AvgIpc) is 2.83. The van der Waals surface area contributed by atoms with E-state index in [1.807, 2.05) is 17.7 Å². The summed E-state index contributed by atoms with van der Waals surface area (Å²) in [6.07, 6.45) is 3.60. The lowest BCUT2D eigenvalue weighted by Crippen LogP contribution is -2.43. The van der Waals surface area contributed by atoms with Crippen molar-refractivity contribution in [2.75, 3.05) is 20.3 Å². The molecule has 1 aromatic heterocycles. The Balaban J connectivity index is 2.32. The fraction of sp³-hybridized carbons (Fsp3) is 0.667. The lowest BCUT2D eigenvalue weighted by Gasteiger charge is -2.14. The number of amides is 1. The average molecular weight is 254 g/mol. The molecule has 0 saturated carbocycles. The number of aryl methyl sites for hydroxylation is 1. The fourth-order valence-electron chi connectivity index (χ4n) is 1.56. The lowest BCUT2D eigenvalue weighted by molar-refractivity contribution is -0.123. The molecule has 0 aliphatic rings. The highest BCUT2D eigenvalue weighted by Crippen LogP contribution is 1.99. The van der Waals surface area contributed by atoms with E-state index >= 15 is 0 Å². The molecule has 18 heavy (non-hydrogen) atoms. The summed E-state index contributed by atoms with van der Waals surface area (Å²) < 4.78 is 6.92. The molecule has 0 aliphatic heterocycles. The second-order valence-corrected chi connectivity index (χ2v) is 4.06. The second-order valence-electron chi connectivity index (χ2n) is 4.06. The highest BCUT2D eigenvalue weighted by atomic mass is 16.5. The topological polar surface area (TPSA) is 68.2 Å². The van der Waals surface area contributed by atoms with Crippen molar-refractivity contribution in [3.8, 4) is 0 Å². The van der Waals surface area contributed by atoms with Crippen LogP contribution in [0.2, 0.25) is 0 Å². The predicted molar refractivity (Wildman–Crippen MR) is 69.1 cm³/mol. The van der Waals surface area contributed by atoms with Gasteiger partial charge in [-0.2, -0.15) is 0 Å². The van der Waals surface area contributed by atoms with E-state index in [-0.39, 0.29) is 11.9 Å². The minimum Gasteiger partial charge on any atom is -0.383 e. The van der Waals surface area contributed by atoms with Crippen LogP contribution in [0.15, 0.2) is 12.5 Å². The highest BCUT2D eigenvalue weighted by molar-refractivity contribution is 5.81. The van der Waals surface area contributed by atoms with Gasteiger partial charge in [-0.05, 0) is 13.8 Å². The van der Waals surface area contributed by atoms with Crippen molar-refractivity contribution in [3.63, 3.8) is 0 Å². The number of aromatic nitrogens is 2. The molecule has 0 saturated heterocycles. The molecule has 6 heteroatoms. The Morgan fingerprint density at radius 2 is 2.39 bits per heavy atom. The van der Waals surface area contributed by atoms with Gasteiger partial charge in [0.1, 0.15) is 0 Å². The van der Waals surface area contributed by atoms with Crippen molar-refractivity contribution in [3.05, 3.63) is 18.2 Å². The molecular formula is C12H22N4O2. The molecule has 0 aliphatic carbocycles. The highest BCUT2D eigenvalue weighted by Gasteiger charge is 2.12. The molecule has 0 radical (unpaired) electrons. The Kier molecular flexibility index (Phi) is 6.38. The zero-order valence-corrected chi connectivity index (χ0v) is 11.3. The van der Waals surface area contributed by atoms with Gasteiger partial charge in [-0.1, -0.05) is 0 Å². The largest absolute Gasteiger partial charge is 0.383 e. The van der Waals surface area contributed by atoms with Gasteiger partial charge >= 0.3 is 0 Å². The molecule has 1 aromatic rings. The molecule has 1 amide bonds. The van der Waals surface area contributed by atoms with E-state index in [1.165, 1.54) is 0 Å². The summed E-state index contributed by atoms with van der Waals surface area (Å²) in [4.78, 5) is 15.8. The van der Waals surface area contributed by atoms with Crippen molar-refractivity contribution in [1.82, 2.24) is 20.2 Å². The van der Waals surface area contributed by atoms with E-state index in [4.69, 9.17) is 4.74 Å². The summed E-state index contributed by atoms with van der Waals surface area (Å²) in [6, 6.07) is -0.234. The van der Waals surface area contributed by atoms with Gasteiger partial charge in [-0.3, -0.25) is 4.79 Å². The van der Waals surface area contributed by atoms with Gasteiger partial charge in [0.15, 0.2) is 0 Å². The monoisotopic (exact) mass is 254 g/mol. The van der Waals surface area contributed by atoms with Crippen LogP contribution < -0.4 is 10.6 Å². The van der Waals surface area contributed by atoms with Crippen LogP contribution in [-0.4, -0.2) is 41.8 Å². The van der Waals surface area contributed by atoms with Crippen LogP contribution in [0.4, 0.5) is 0 Å². The third-order valence-corrected chi connectivity index (χ3v) is 2.73. The van der Waals surface area contributed by atoms with Crippen LogP contribution in [0, 0.1) is 0 Å². The smallest absolute Gasteiger partial charge is 0.236 e. The van der Waals surface area contributed by atoms with Crippen LogP contribution in [0.5, 0.6) is 0 Å². The number of hydrogen-bond acceptors (Lipinski definition) is 4. The molecule has 0 bridgehead atoms.